The Bertz CT molecular complexity index is 589. The van der Waals surface area contributed by atoms with Crippen molar-refractivity contribution in [3.05, 3.63) is 34.6 Å². The topological polar surface area (TPSA) is 29.9 Å². The highest BCUT2D eigenvalue weighted by Crippen LogP contribution is 2.14. The first-order valence-electron chi connectivity index (χ1n) is 6.45. The van der Waals surface area contributed by atoms with Gasteiger partial charge >= 0.3 is 0 Å². The average Bonchev–Trinajstić information content (AvgIpc) is 2.38. The van der Waals surface area contributed by atoms with E-state index >= 15 is 0 Å². The van der Waals surface area contributed by atoms with Gasteiger partial charge in [-0.05, 0) is 37.1 Å². The molecule has 0 radical (unpaired) electrons. The van der Waals surface area contributed by atoms with Crippen LogP contribution in [0.1, 0.15) is 31.7 Å². The number of hydrogen-bond donors (Lipinski definition) is 1. The zero-order valence-electron chi connectivity index (χ0n) is 10.9. The second kappa shape index (κ2) is 5.96. The van der Waals surface area contributed by atoms with E-state index in [1.165, 1.54) is 12.8 Å². The molecule has 96 valence electrons. The highest BCUT2D eigenvalue weighted by Gasteiger charge is 2.03. The van der Waals surface area contributed by atoms with Crippen molar-refractivity contribution in [3.63, 3.8) is 0 Å². The molecule has 0 aliphatic rings. The summed E-state index contributed by atoms with van der Waals surface area (Å²) in [6.45, 7) is 5.17. The Labute approximate surface area is 113 Å². The number of aryl methyl sites for hydroxylation is 1. The first kappa shape index (κ1) is 13.0. The molecule has 2 rings (SSSR count). The van der Waals surface area contributed by atoms with Crippen LogP contribution in [-0.2, 0) is 0 Å². The molecule has 0 aromatic carbocycles. The predicted molar refractivity (Wildman–Crippen MR) is 79.1 cm³/mol. The van der Waals surface area contributed by atoms with Crippen molar-refractivity contribution in [2.24, 2.45) is 0 Å². The van der Waals surface area contributed by atoms with Gasteiger partial charge in [0.25, 0.3) is 0 Å². The van der Waals surface area contributed by atoms with Crippen LogP contribution in [0.2, 0.25) is 0 Å². The van der Waals surface area contributed by atoms with E-state index in [1.54, 1.807) is 6.20 Å². The Hall–Kier alpha value is -1.42. The van der Waals surface area contributed by atoms with E-state index in [2.05, 4.69) is 29.5 Å². The molecule has 4 heteroatoms. The second-order valence-electron chi connectivity index (χ2n) is 4.50. The minimum atomic E-state index is 0.817. The number of hydrogen-bond acceptors (Lipinski definition) is 3. The van der Waals surface area contributed by atoms with Crippen LogP contribution in [0.5, 0.6) is 0 Å². The standard InChI is InChI=1S/C14H19N3S/c1-3-4-5-9-16-17-13-12(7-6-8-15-13)10-11(2)14(17)18/h6-8,10,16H,3-5,9H2,1-2H3. The van der Waals surface area contributed by atoms with Gasteiger partial charge in [-0.15, -0.1) is 0 Å². The fraction of sp³-hybridized carbons (Fsp3) is 0.429. The summed E-state index contributed by atoms with van der Waals surface area (Å²) < 4.78 is 2.76. The molecule has 0 spiro atoms. The summed E-state index contributed by atoms with van der Waals surface area (Å²) in [5.74, 6) is 0. The minimum absolute atomic E-state index is 0.817. The van der Waals surface area contributed by atoms with Crippen molar-refractivity contribution in [2.45, 2.75) is 33.1 Å². The van der Waals surface area contributed by atoms with Crippen LogP contribution in [0.3, 0.4) is 0 Å². The van der Waals surface area contributed by atoms with Crippen LogP contribution in [0.15, 0.2) is 24.4 Å². The van der Waals surface area contributed by atoms with Crippen LogP contribution in [0.25, 0.3) is 11.0 Å². The quantitative estimate of drug-likeness (QED) is 0.655. The van der Waals surface area contributed by atoms with Crippen molar-refractivity contribution in [1.82, 2.24) is 9.66 Å². The first-order valence-corrected chi connectivity index (χ1v) is 6.86. The molecule has 0 unspecified atom stereocenters. The van der Waals surface area contributed by atoms with Crippen LogP contribution in [0.4, 0.5) is 0 Å². The summed E-state index contributed by atoms with van der Waals surface area (Å²) in [5.41, 5.74) is 5.39. The fourth-order valence-corrected chi connectivity index (χ4v) is 2.20. The number of rotatable bonds is 5. The molecule has 2 heterocycles. The lowest BCUT2D eigenvalue weighted by Gasteiger charge is -2.14. The van der Waals surface area contributed by atoms with E-state index in [1.807, 2.05) is 17.7 Å². The lowest BCUT2D eigenvalue weighted by Crippen LogP contribution is -2.19. The number of fused-ring (bicyclic) bond motifs is 1. The molecular weight excluding hydrogens is 242 g/mol. The van der Waals surface area contributed by atoms with E-state index in [-0.39, 0.29) is 0 Å². The van der Waals surface area contributed by atoms with E-state index in [9.17, 15) is 0 Å². The molecule has 0 fully saturated rings. The molecule has 2 aromatic rings. The van der Waals surface area contributed by atoms with Gasteiger partial charge < -0.3 is 5.43 Å². The summed E-state index contributed by atoms with van der Waals surface area (Å²) in [6.07, 6.45) is 5.41. The maximum Gasteiger partial charge on any atom is 0.159 e. The number of nitrogens with zero attached hydrogens (tertiary/aromatic N) is 2. The SMILES string of the molecule is CCCCCNn1c(=S)c(C)cc2cccnc21. The van der Waals surface area contributed by atoms with E-state index in [0.717, 1.165) is 34.2 Å². The van der Waals surface area contributed by atoms with Crippen molar-refractivity contribution >= 4 is 23.3 Å². The van der Waals surface area contributed by atoms with Crippen molar-refractivity contribution in [1.29, 1.82) is 0 Å². The normalized spacial score (nSPS) is 10.8. The Balaban J connectivity index is 2.35. The number of nitrogens with one attached hydrogen (secondary N) is 1. The average molecular weight is 261 g/mol. The summed E-state index contributed by atoms with van der Waals surface area (Å²) in [7, 11) is 0. The van der Waals surface area contributed by atoms with E-state index < -0.39 is 0 Å². The Kier molecular flexibility index (Phi) is 4.31. The zero-order chi connectivity index (χ0) is 13.0. The molecule has 0 aliphatic heterocycles. The molecule has 0 saturated heterocycles. The molecular formula is C14H19N3S. The van der Waals surface area contributed by atoms with Crippen LogP contribution in [-0.4, -0.2) is 16.2 Å². The van der Waals surface area contributed by atoms with Gasteiger partial charge in [-0.1, -0.05) is 32.0 Å². The van der Waals surface area contributed by atoms with E-state index in [0.29, 0.717) is 0 Å². The Morgan fingerprint density at radius 2 is 2.22 bits per heavy atom. The zero-order valence-corrected chi connectivity index (χ0v) is 11.8. The third kappa shape index (κ3) is 2.70. The maximum atomic E-state index is 5.46. The molecule has 0 aliphatic carbocycles. The van der Waals surface area contributed by atoms with Gasteiger partial charge in [-0.2, -0.15) is 0 Å². The summed E-state index contributed by atoms with van der Waals surface area (Å²) in [6, 6.07) is 6.11. The number of aromatic nitrogens is 2. The minimum Gasteiger partial charge on any atom is -0.323 e. The highest BCUT2D eigenvalue weighted by atomic mass is 32.1. The maximum absolute atomic E-state index is 5.46. The second-order valence-corrected chi connectivity index (χ2v) is 4.89. The number of pyridine rings is 2. The lowest BCUT2D eigenvalue weighted by molar-refractivity contribution is 0.702. The molecule has 0 amide bonds. The van der Waals surface area contributed by atoms with Crippen molar-refractivity contribution in [3.8, 4) is 0 Å². The molecule has 18 heavy (non-hydrogen) atoms. The van der Waals surface area contributed by atoms with E-state index in [4.69, 9.17) is 12.2 Å². The van der Waals surface area contributed by atoms with Crippen LogP contribution >= 0.6 is 12.2 Å². The molecule has 0 saturated carbocycles. The largest absolute Gasteiger partial charge is 0.323 e. The molecule has 2 aromatic heterocycles. The van der Waals surface area contributed by atoms with Crippen molar-refractivity contribution in [2.75, 3.05) is 12.0 Å². The molecule has 1 N–H and O–H groups in total. The monoisotopic (exact) mass is 261 g/mol. The summed E-state index contributed by atoms with van der Waals surface area (Å²) in [4.78, 5) is 4.42. The number of unbranched alkanes of at least 4 members (excludes halogenated alkanes) is 2. The molecule has 3 nitrogen and oxygen atoms in total. The third-order valence-corrected chi connectivity index (χ3v) is 3.50. The van der Waals surface area contributed by atoms with Crippen LogP contribution < -0.4 is 5.43 Å². The third-order valence-electron chi connectivity index (χ3n) is 2.99. The highest BCUT2D eigenvalue weighted by molar-refractivity contribution is 7.71. The lowest BCUT2D eigenvalue weighted by atomic mass is 10.2. The summed E-state index contributed by atoms with van der Waals surface area (Å²) in [5, 5.41) is 1.12. The van der Waals surface area contributed by atoms with Gasteiger partial charge in [0.15, 0.2) is 5.65 Å². The van der Waals surface area contributed by atoms with Gasteiger partial charge in [0.1, 0.15) is 4.64 Å². The van der Waals surface area contributed by atoms with Gasteiger partial charge in [-0.25, -0.2) is 9.66 Å². The molecule has 0 atom stereocenters. The molecule has 0 bridgehead atoms. The van der Waals surface area contributed by atoms with Crippen molar-refractivity contribution < 1.29 is 0 Å². The van der Waals surface area contributed by atoms with Gasteiger partial charge in [-0.3, -0.25) is 0 Å². The predicted octanol–water partition coefficient (Wildman–Crippen LogP) is 3.81. The first-order chi connectivity index (χ1) is 8.74. The fourth-order valence-electron chi connectivity index (χ4n) is 1.99. The summed E-state index contributed by atoms with van der Waals surface area (Å²) >= 11 is 5.46. The Morgan fingerprint density at radius 1 is 1.39 bits per heavy atom. The van der Waals surface area contributed by atoms with Gasteiger partial charge in [0.05, 0.1) is 0 Å². The Morgan fingerprint density at radius 3 is 3.00 bits per heavy atom. The smallest absolute Gasteiger partial charge is 0.159 e. The van der Waals surface area contributed by atoms with Crippen LogP contribution in [0, 0.1) is 11.6 Å². The van der Waals surface area contributed by atoms with Gasteiger partial charge in [0, 0.05) is 18.1 Å². The van der Waals surface area contributed by atoms with Gasteiger partial charge in [0.2, 0.25) is 0 Å².